The smallest absolute Gasteiger partial charge is 0.251 e. The first-order chi connectivity index (χ1) is 8.52. The summed E-state index contributed by atoms with van der Waals surface area (Å²) >= 11 is 3.35. The Balaban J connectivity index is 2.48. The second kappa shape index (κ2) is 7.16. The highest BCUT2D eigenvalue weighted by Gasteiger charge is 2.07. The van der Waals surface area contributed by atoms with Crippen LogP contribution in [0, 0.1) is 6.92 Å². The van der Waals surface area contributed by atoms with E-state index >= 15 is 0 Å². The van der Waals surface area contributed by atoms with Crippen LogP contribution in [-0.2, 0) is 4.79 Å². The standard InChI is InChI=1S/C13H17BrN2O2/c1-3-15-12(17)4-5-16-13(18)10-6-9(2)7-11(14)8-10/h6-8H,3-5H2,1-2H3,(H,15,17)(H,16,18). The average molecular weight is 313 g/mol. The Kier molecular flexibility index (Phi) is 5.85. The highest BCUT2D eigenvalue weighted by atomic mass is 79.9. The summed E-state index contributed by atoms with van der Waals surface area (Å²) < 4.78 is 0.872. The van der Waals surface area contributed by atoms with Crippen LogP contribution in [0.5, 0.6) is 0 Å². The van der Waals surface area contributed by atoms with Gasteiger partial charge in [0.15, 0.2) is 0 Å². The highest BCUT2D eigenvalue weighted by Crippen LogP contribution is 2.15. The van der Waals surface area contributed by atoms with E-state index in [9.17, 15) is 9.59 Å². The summed E-state index contributed by atoms with van der Waals surface area (Å²) in [4.78, 5) is 23.0. The minimum absolute atomic E-state index is 0.0526. The topological polar surface area (TPSA) is 58.2 Å². The lowest BCUT2D eigenvalue weighted by Crippen LogP contribution is -2.30. The highest BCUT2D eigenvalue weighted by molar-refractivity contribution is 9.10. The van der Waals surface area contributed by atoms with E-state index in [2.05, 4.69) is 26.6 Å². The minimum atomic E-state index is -0.163. The van der Waals surface area contributed by atoms with Crippen molar-refractivity contribution in [2.75, 3.05) is 13.1 Å². The van der Waals surface area contributed by atoms with Crippen molar-refractivity contribution in [2.24, 2.45) is 0 Å². The largest absolute Gasteiger partial charge is 0.356 e. The molecule has 0 aliphatic rings. The Bertz CT molecular complexity index is 426. The molecule has 2 amide bonds. The lowest BCUT2D eigenvalue weighted by Gasteiger charge is -2.06. The lowest BCUT2D eigenvalue weighted by atomic mass is 10.1. The van der Waals surface area contributed by atoms with E-state index in [1.165, 1.54) is 0 Å². The number of carbonyl (C=O) groups is 2. The van der Waals surface area contributed by atoms with Gasteiger partial charge < -0.3 is 10.6 Å². The van der Waals surface area contributed by atoms with E-state index < -0.39 is 0 Å². The summed E-state index contributed by atoms with van der Waals surface area (Å²) in [6.07, 6.45) is 0.298. The zero-order chi connectivity index (χ0) is 13.5. The first kappa shape index (κ1) is 14.7. The fourth-order valence-corrected chi connectivity index (χ4v) is 2.15. The average Bonchev–Trinajstić information content (AvgIpc) is 2.27. The van der Waals surface area contributed by atoms with Crippen LogP contribution in [0.3, 0.4) is 0 Å². The molecule has 98 valence electrons. The van der Waals surface area contributed by atoms with Crippen molar-refractivity contribution in [3.05, 3.63) is 33.8 Å². The molecule has 0 unspecified atom stereocenters. The zero-order valence-electron chi connectivity index (χ0n) is 10.5. The fraction of sp³-hybridized carbons (Fsp3) is 0.385. The van der Waals surface area contributed by atoms with Gasteiger partial charge in [0, 0.05) is 29.5 Å². The molecule has 4 nitrogen and oxygen atoms in total. The number of halogens is 1. The summed E-state index contributed by atoms with van der Waals surface area (Å²) in [6.45, 7) is 4.74. The van der Waals surface area contributed by atoms with Crippen LogP contribution in [0.25, 0.3) is 0 Å². The third-order valence-electron chi connectivity index (χ3n) is 2.32. The van der Waals surface area contributed by atoms with Crippen LogP contribution in [0.15, 0.2) is 22.7 Å². The number of hydrogen-bond donors (Lipinski definition) is 2. The molecule has 0 saturated carbocycles. The predicted molar refractivity (Wildman–Crippen MR) is 74.5 cm³/mol. The van der Waals surface area contributed by atoms with E-state index in [-0.39, 0.29) is 11.8 Å². The van der Waals surface area contributed by atoms with Gasteiger partial charge in [-0.1, -0.05) is 15.9 Å². The molecule has 0 fully saturated rings. The van der Waals surface area contributed by atoms with E-state index in [1.807, 2.05) is 26.0 Å². The molecule has 0 saturated heterocycles. The van der Waals surface area contributed by atoms with Gasteiger partial charge in [0.25, 0.3) is 5.91 Å². The maximum atomic E-state index is 11.8. The van der Waals surface area contributed by atoms with Gasteiger partial charge in [-0.25, -0.2) is 0 Å². The van der Waals surface area contributed by atoms with E-state index in [0.29, 0.717) is 25.1 Å². The SMILES string of the molecule is CCNC(=O)CCNC(=O)c1cc(C)cc(Br)c1. The Morgan fingerprint density at radius 3 is 2.56 bits per heavy atom. The van der Waals surface area contributed by atoms with Crippen molar-refractivity contribution >= 4 is 27.7 Å². The number of hydrogen-bond acceptors (Lipinski definition) is 2. The summed E-state index contributed by atoms with van der Waals surface area (Å²) in [5.41, 5.74) is 1.61. The van der Waals surface area contributed by atoms with Gasteiger partial charge in [0.05, 0.1) is 0 Å². The van der Waals surface area contributed by atoms with E-state index in [1.54, 1.807) is 6.07 Å². The van der Waals surface area contributed by atoms with E-state index in [4.69, 9.17) is 0 Å². The number of aryl methyl sites for hydroxylation is 1. The van der Waals surface area contributed by atoms with Crippen molar-refractivity contribution in [3.8, 4) is 0 Å². The minimum Gasteiger partial charge on any atom is -0.356 e. The molecular weight excluding hydrogens is 296 g/mol. The van der Waals surface area contributed by atoms with Crippen LogP contribution in [0.4, 0.5) is 0 Å². The van der Waals surface area contributed by atoms with Crippen LogP contribution < -0.4 is 10.6 Å². The summed E-state index contributed by atoms with van der Waals surface area (Å²) in [5, 5.41) is 5.40. The van der Waals surface area contributed by atoms with Gasteiger partial charge in [-0.2, -0.15) is 0 Å². The summed E-state index contributed by atoms with van der Waals surface area (Å²) in [6, 6.07) is 5.51. The molecule has 0 aromatic heterocycles. The van der Waals surface area contributed by atoms with Crippen molar-refractivity contribution in [2.45, 2.75) is 20.3 Å². The molecule has 0 atom stereocenters. The molecule has 2 N–H and O–H groups in total. The molecule has 1 rings (SSSR count). The monoisotopic (exact) mass is 312 g/mol. The molecule has 5 heteroatoms. The van der Waals surface area contributed by atoms with Gasteiger partial charge in [0.2, 0.25) is 5.91 Å². The van der Waals surface area contributed by atoms with Gasteiger partial charge in [-0.05, 0) is 37.6 Å². The molecule has 0 radical (unpaired) electrons. The molecule has 0 aliphatic carbocycles. The lowest BCUT2D eigenvalue weighted by molar-refractivity contribution is -0.120. The van der Waals surface area contributed by atoms with Crippen LogP contribution in [-0.4, -0.2) is 24.9 Å². The zero-order valence-corrected chi connectivity index (χ0v) is 12.1. The van der Waals surface area contributed by atoms with Gasteiger partial charge >= 0.3 is 0 Å². The Labute approximate surface area is 115 Å². The summed E-state index contributed by atoms with van der Waals surface area (Å²) in [5.74, 6) is -0.216. The van der Waals surface area contributed by atoms with Crippen molar-refractivity contribution in [1.82, 2.24) is 10.6 Å². The quantitative estimate of drug-likeness (QED) is 0.874. The first-order valence-corrected chi connectivity index (χ1v) is 6.64. The Morgan fingerprint density at radius 2 is 1.94 bits per heavy atom. The van der Waals surface area contributed by atoms with Crippen LogP contribution in [0.1, 0.15) is 29.3 Å². The van der Waals surface area contributed by atoms with E-state index in [0.717, 1.165) is 10.0 Å². The number of benzene rings is 1. The van der Waals surface area contributed by atoms with Crippen LogP contribution >= 0.6 is 15.9 Å². The number of amides is 2. The number of rotatable bonds is 5. The van der Waals surface area contributed by atoms with Crippen molar-refractivity contribution < 1.29 is 9.59 Å². The predicted octanol–water partition coefficient (Wildman–Crippen LogP) is 2.01. The molecule has 1 aromatic carbocycles. The first-order valence-electron chi connectivity index (χ1n) is 5.85. The normalized spacial score (nSPS) is 9.94. The maximum absolute atomic E-state index is 11.8. The summed E-state index contributed by atoms with van der Waals surface area (Å²) in [7, 11) is 0. The molecule has 0 aliphatic heterocycles. The van der Waals surface area contributed by atoms with Crippen molar-refractivity contribution in [3.63, 3.8) is 0 Å². The Morgan fingerprint density at radius 1 is 1.22 bits per heavy atom. The number of carbonyl (C=O) groups excluding carboxylic acids is 2. The molecular formula is C13H17BrN2O2. The van der Waals surface area contributed by atoms with Crippen LogP contribution in [0.2, 0.25) is 0 Å². The van der Waals surface area contributed by atoms with Crippen molar-refractivity contribution in [1.29, 1.82) is 0 Å². The second-order valence-corrected chi connectivity index (χ2v) is 4.89. The third-order valence-corrected chi connectivity index (χ3v) is 2.77. The van der Waals surface area contributed by atoms with Gasteiger partial charge in [0.1, 0.15) is 0 Å². The Hall–Kier alpha value is -1.36. The second-order valence-electron chi connectivity index (χ2n) is 3.98. The number of nitrogens with one attached hydrogen (secondary N) is 2. The molecule has 0 heterocycles. The molecule has 1 aromatic rings. The molecule has 0 bridgehead atoms. The van der Waals surface area contributed by atoms with Gasteiger partial charge in [-0.3, -0.25) is 9.59 Å². The molecule has 0 spiro atoms. The molecule has 18 heavy (non-hydrogen) atoms. The fourth-order valence-electron chi connectivity index (χ4n) is 1.54. The maximum Gasteiger partial charge on any atom is 0.251 e. The van der Waals surface area contributed by atoms with Gasteiger partial charge in [-0.15, -0.1) is 0 Å². The third kappa shape index (κ3) is 4.87.